The molecule has 1 N–H and O–H groups in total. The van der Waals surface area contributed by atoms with E-state index in [0.29, 0.717) is 46.9 Å². The van der Waals surface area contributed by atoms with Crippen molar-refractivity contribution < 1.29 is 18.0 Å². The van der Waals surface area contributed by atoms with Crippen molar-refractivity contribution in [3.8, 4) is 0 Å². The minimum atomic E-state index is -4.45. The van der Waals surface area contributed by atoms with Crippen LogP contribution in [0.4, 0.5) is 19.0 Å². The highest BCUT2D eigenvalue weighted by Crippen LogP contribution is 2.36. The maximum Gasteiger partial charge on any atom is 0.417 e. The van der Waals surface area contributed by atoms with E-state index in [2.05, 4.69) is 20.3 Å². The van der Waals surface area contributed by atoms with Gasteiger partial charge < -0.3 is 10.2 Å². The van der Waals surface area contributed by atoms with Gasteiger partial charge in [0, 0.05) is 50.1 Å². The fourth-order valence-corrected chi connectivity index (χ4v) is 4.26. The average Bonchev–Trinajstić information content (AvgIpc) is 3.23. The average molecular weight is 510 g/mol. The first kappa shape index (κ1) is 24.2. The first-order chi connectivity index (χ1) is 16.1. The number of hydrogen-bond acceptors (Lipinski definition) is 5. The molecule has 1 saturated heterocycles. The molecule has 0 spiro atoms. The summed E-state index contributed by atoms with van der Waals surface area (Å²) in [5, 5.41) is 3.93. The fraction of sp³-hybridized carbons (Fsp3) is 0.304. The first-order valence-corrected chi connectivity index (χ1v) is 11.2. The third-order valence-corrected chi connectivity index (χ3v) is 6.50. The molecule has 3 aromatic rings. The second kappa shape index (κ2) is 9.76. The lowest BCUT2D eigenvalue weighted by molar-refractivity contribution is -0.137. The molecule has 2 unspecified atom stereocenters. The third kappa shape index (κ3) is 5.42. The number of nitrogens with one attached hydrogen (secondary N) is 1. The molecule has 0 saturated carbocycles. The summed E-state index contributed by atoms with van der Waals surface area (Å²) in [6, 6.07) is 7.62. The number of rotatable bonds is 5. The Morgan fingerprint density at radius 2 is 1.79 bits per heavy atom. The van der Waals surface area contributed by atoms with Gasteiger partial charge in [0.2, 0.25) is 0 Å². The SMILES string of the molecule is Cc1ncc(C(=O)N2CC(CNc3ccc(C(F)(F)F)cn3)C(c3ccc(Cl)c(Cl)c3)C2)cn1. The van der Waals surface area contributed by atoms with Crippen molar-refractivity contribution in [2.45, 2.75) is 19.0 Å². The number of anilines is 1. The van der Waals surface area contributed by atoms with E-state index >= 15 is 0 Å². The highest BCUT2D eigenvalue weighted by atomic mass is 35.5. The fourth-order valence-electron chi connectivity index (χ4n) is 3.95. The summed E-state index contributed by atoms with van der Waals surface area (Å²) in [5.74, 6) is 0.555. The van der Waals surface area contributed by atoms with Crippen LogP contribution in [-0.2, 0) is 6.18 Å². The molecule has 2 atom stereocenters. The molecule has 0 bridgehead atoms. The molecular formula is C23H20Cl2F3N5O. The molecule has 6 nitrogen and oxygen atoms in total. The van der Waals surface area contributed by atoms with Gasteiger partial charge in [-0.05, 0) is 36.8 Å². The Morgan fingerprint density at radius 1 is 1.06 bits per heavy atom. The number of aryl methyl sites for hydroxylation is 1. The summed E-state index contributed by atoms with van der Waals surface area (Å²) in [7, 11) is 0. The Hall–Kier alpha value is -2.91. The third-order valence-electron chi connectivity index (χ3n) is 5.76. The number of likely N-dealkylation sites (tertiary alicyclic amines) is 1. The van der Waals surface area contributed by atoms with E-state index in [4.69, 9.17) is 23.2 Å². The summed E-state index contributed by atoms with van der Waals surface area (Å²) in [4.78, 5) is 26.9. The smallest absolute Gasteiger partial charge is 0.370 e. The normalized spacial score (nSPS) is 18.2. The molecule has 3 heterocycles. The summed E-state index contributed by atoms with van der Waals surface area (Å²) < 4.78 is 38.4. The molecule has 0 radical (unpaired) electrons. The molecule has 0 aliphatic carbocycles. The van der Waals surface area contributed by atoms with E-state index in [1.54, 1.807) is 24.0 Å². The van der Waals surface area contributed by atoms with Crippen molar-refractivity contribution in [1.29, 1.82) is 0 Å². The number of carbonyl (C=O) groups is 1. The van der Waals surface area contributed by atoms with Gasteiger partial charge in [-0.25, -0.2) is 15.0 Å². The zero-order valence-electron chi connectivity index (χ0n) is 18.0. The van der Waals surface area contributed by atoms with Crippen LogP contribution in [0.1, 0.15) is 33.2 Å². The molecule has 1 aliphatic rings. The lowest BCUT2D eigenvalue weighted by Crippen LogP contribution is -2.30. The standard InChI is InChI=1S/C23H20Cl2F3N5O/c1-13-29-7-15(8-30-13)22(34)33-11-16(18(12-33)14-2-4-19(24)20(25)6-14)9-31-21-5-3-17(10-32-21)23(26,27)28/h2-8,10,16,18H,9,11-12H2,1H3,(H,31,32). The summed E-state index contributed by atoms with van der Waals surface area (Å²) in [6.07, 6.45) is -0.662. The number of amides is 1. The van der Waals surface area contributed by atoms with Gasteiger partial charge in [0.1, 0.15) is 11.6 Å². The number of pyridine rings is 1. The van der Waals surface area contributed by atoms with Crippen LogP contribution in [0.3, 0.4) is 0 Å². The van der Waals surface area contributed by atoms with Gasteiger partial charge in [0.15, 0.2) is 0 Å². The number of benzene rings is 1. The maximum absolute atomic E-state index is 13.1. The molecule has 1 amide bonds. The molecular weight excluding hydrogens is 490 g/mol. The van der Waals surface area contributed by atoms with Gasteiger partial charge >= 0.3 is 6.18 Å². The topological polar surface area (TPSA) is 71.0 Å². The van der Waals surface area contributed by atoms with Gasteiger partial charge in [-0.3, -0.25) is 4.79 Å². The van der Waals surface area contributed by atoms with Crippen LogP contribution >= 0.6 is 23.2 Å². The predicted molar refractivity (Wildman–Crippen MR) is 123 cm³/mol. The summed E-state index contributed by atoms with van der Waals surface area (Å²) >= 11 is 12.3. The second-order valence-electron chi connectivity index (χ2n) is 8.08. The number of carbonyl (C=O) groups excluding carboxylic acids is 1. The number of nitrogens with zero attached hydrogens (tertiary/aromatic N) is 4. The summed E-state index contributed by atoms with van der Waals surface area (Å²) in [5.41, 5.74) is 0.484. The Balaban J connectivity index is 1.53. The minimum absolute atomic E-state index is 0.0587. The lowest BCUT2D eigenvalue weighted by atomic mass is 9.89. The minimum Gasteiger partial charge on any atom is -0.370 e. The predicted octanol–water partition coefficient (Wildman–Crippen LogP) is 5.47. The van der Waals surface area contributed by atoms with Crippen LogP contribution in [0, 0.1) is 12.8 Å². The van der Waals surface area contributed by atoms with Crippen molar-refractivity contribution >= 4 is 34.9 Å². The zero-order valence-corrected chi connectivity index (χ0v) is 19.5. The molecule has 34 heavy (non-hydrogen) atoms. The Labute approximate surface area is 204 Å². The van der Waals surface area contributed by atoms with Gasteiger partial charge in [0.25, 0.3) is 5.91 Å². The maximum atomic E-state index is 13.1. The van der Waals surface area contributed by atoms with Crippen molar-refractivity contribution in [3.05, 3.63) is 81.5 Å². The number of hydrogen-bond donors (Lipinski definition) is 1. The first-order valence-electron chi connectivity index (χ1n) is 10.4. The van der Waals surface area contributed by atoms with Crippen LogP contribution in [-0.4, -0.2) is 45.4 Å². The lowest BCUT2D eigenvalue weighted by Gasteiger charge is -2.20. The Kier molecular flexibility index (Phi) is 6.95. The van der Waals surface area contributed by atoms with Crippen molar-refractivity contribution in [3.63, 3.8) is 0 Å². The molecule has 178 valence electrons. The molecule has 2 aromatic heterocycles. The molecule has 1 aliphatic heterocycles. The molecule has 4 rings (SSSR count). The van der Waals surface area contributed by atoms with E-state index in [1.165, 1.54) is 18.5 Å². The van der Waals surface area contributed by atoms with Crippen LogP contribution in [0.5, 0.6) is 0 Å². The van der Waals surface area contributed by atoms with Crippen LogP contribution in [0.2, 0.25) is 10.0 Å². The zero-order chi connectivity index (χ0) is 24.5. The monoisotopic (exact) mass is 509 g/mol. The highest BCUT2D eigenvalue weighted by Gasteiger charge is 2.37. The van der Waals surface area contributed by atoms with E-state index in [-0.39, 0.29) is 17.7 Å². The van der Waals surface area contributed by atoms with E-state index in [1.807, 2.05) is 6.07 Å². The van der Waals surface area contributed by atoms with Crippen LogP contribution < -0.4 is 5.32 Å². The van der Waals surface area contributed by atoms with Gasteiger partial charge in [-0.2, -0.15) is 13.2 Å². The number of halogens is 5. The van der Waals surface area contributed by atoms with E-state index in [9.17, 15) is 18.0 Å². The molecule has 1 fully saturated rings. The summed E-state index contributed by atoms with van der Waals surface area (Å²) in [6.45, 7) is 2.97. The molecule has 1 aromatic carbocycles. The number of aromatic nitrogens is 3. The van der Waals surface area contributed by atoms with E-state index in [0.717, 1.165) is 17.8 Å². The molecule has 11 heteroatoms. The van der Waals surface area contributed by atoms with Gasteiger partial charge in [-0.1, -0.05) is 29.3 Å². The Bertz CT molecular complexity index is 1170. The van der Waals surface area contributed by atoms with Crippen molar-refractivity contribution in [2.75, 3.05) is 25.0 Å². The van der Waals surface area contributed by atoms with E-state index < -0.39 is 11.7 Å². The van der Waals surface area contributed by atoms with Crippen molar-refractivity contribution in [2.24, 2.45) is 5.92 Å². The largest absolute Gasteiger partial charge is 0.417 e. The quantitative estimate of drug-likeness (QED) is 0.493. The van der Waals surface area contributed by atoms with Gasteiger partial charge in [0.05, 0.1) is 21.2 Å². The van der Waals surface area contributed by atoms with Crippen LogP contribution in [0.25, 0.3) is 0 Å². The van der Waals surface area contributed by atoms with Crippen LogP contribution in [0.15, 0.2) is 48.9 Å². The number of alkyl halides is 3. The second-order valence-corrected chi connectivity index (χ2v) is 8.89. The van der Waals surface area contributed by atoms with Crippen molar-refractivity contribution in [1.82, 2.24) is 19.9 Å². The Morgan fingerprint density at radius 3 is 2.41 bits per heavy atom. The van der Waals surface area contributed by atoms with Gasteiger partial charge in [-0.15, -0.1) is 0 Å². The highest BCUT2D eigenvalue weighted by molar-refractivity contribution is 6.42.